The Labute approximate surface area is 101 Å². The van der Waals surface area contributed by atoms with Gasteiger partial charge in [0, 0.05) is 0 Å². The molecule has 0 unspecified atom stereocenters. The molecule has 0 saturated heterocycles. The fourth-order valence-electron chi connectivity index (χ4n) is 2.06. The van der Waals surface area contributed by atoms with E-state index in [4.69, 9.17) is 0 Å². The third-order valence-electron chi connectivity index (χ3n) is 2.96. The second kappa shape index (κ2) is 3.49. The maximum absolute atomic E-state index is 11.7. The highest BCUT2D eigenvalue weighted by atomic mass is 16.2. The molecule has 0 bridgehead atoms. The molecule has 90 valence electrons. The Bertz CT molecular complexity index is 892. The van der Waals surface area contributed by atoms with Crippen LogP contribution in [0.5, 0.6) is 0 Å². The van der Waals surface area contributed by atoms with Gasteiger partial charge in [-0.25, -0.2) is 14.3 Å². The molecule has 0 aliphatic heterocycles. The fraction of sp³-hybridized carbons (Fsp3) is 0.167. The molecule has 0 aliphatic rings. The second-order valence-electron chi connectivity index (χ2n) is 4.27. The van der Waals surface area contributed by atoms with Crippen molar-refractivity contribution in [1.82, 2.24) is 15.0 Å². The summed E-state index contributed by atoms with van der Waals surface area (Å²) in [6.07, 6.45) is 0. The van der Waals surface area contributed by atoms with Gasteiger partial charge in [0.1, 0.15) is 5.52 Å². The Hall–Kier alpha value is -2.50. The summed E-state index contributed by atoms with van der Waals surface area (Å²) in [6, 6.07) is 5.77. The number of nitrogens with zero attached hydrogens (tertiary/aromatic N) is 2. The molecule has 0 aliphatic carbocycles. The van der Waals surface area contributed by atoms with Crippen molar-refractivity contribution < 1.29 is 4.57 Å². The van der Waals surface area contributed by atoms with E-state index in [1.807, 2.05) is 25.1 Å². The molecule has 0 radical (unpaired) electrons. The van der Waals surface area contributed by atoms with Crippen molar-refractivity contribution in [3.05, 3.63) is 44.6 Å². The van der Waals surface area contributed by atoms with Gasteiger partial charge in [0.2, 0.25) is 5.52 Å². The van der Waals surface area contributed by atoms with Crippen molar-refractivity contribution >= 4 is 22.2 Å². The highest BCUT2D eigenvalue weighted by molar-refractivity contribution is 5.79. The Morgan fingerprint density at radius 1 is 1.22 bits per heavy atom. The first kappa shape index (κ1) is 10.6. The summed E-state index contributed by atoms with van der Waals surface area (Å²) in [4.78, 5) is 32.1. The predicted octanol–water partition coefficient (Wildman–Crippen LogP) is -0.102. The number of benzene rings is 1. The Morgan fingerprint density at radius 3 is 2.78 bits per heavy atom. The first-order valence-electron chi connectivity index (χ1n) is 5.49. The molecule has 2 aromatic heterocycles. The van der Waals surface area contributed by atoms with Gasteiger partial charge in [-0.15, -0.1) is 0 Å². The van der Waals surface area contributed by atoms with Crippen molar-refractivity contribution in [3.63, 3.8) is 0 Å². The zero-order valence-electron chi connectivity index (χ0n) is 9.94. The number of aromatic nitrogens is 4. The lowest BCUT2D eigenvalue weighted by atomic mass is 10.2. The highest BCUT2D eigenvalue weighted by Crippen LogP contribution is 2.11. The van der Waals surface area contributed by atoms with E-state index in [-0.39, 0.29) is 5.52 Å². The van der Waals surface area contributed by atoms with Crippen molar-refractivity contribution in [2.45, 2.75) is 6.92 Å². The number of rotatable bonds is 0. The van der Waals surface area contributed by atoms with Crippen LogP contribution in [0.3, 0.4) is 0 Å². The zero-order valence-corrected chi connectivity index (χ0v) is 9.94. The molecule has 6 nitrogen and oxygen atoms in total. The van der Waals surface area contributed by atoms with Gasteiger partial charge in [0.05, 0.1) is 7.05 Å². The molecule has 18 heavy (non-hydrogen) atoms. The number of nitrogens with one attached hydrogen (secondary N) is 2. The van der Waals surface area contributed by atoms with Crippen LogP contribution >= 0.6 is 0 Å². The molecule has 1 aromatic carbocycles. The van der Waals surface area contributed by atoms with Crippen molar-refractivity contribution in [2.24, 2.45) is 7.05 Å². The molecule has 0 atom stereocenters. The molecule has 0 amide bonds. The molecule has 3 aromatic rings. The molecular weight excluding hydrogens is 232 g/mol. The molecule has 0 saturated carbocycles. The molecule has 2 heterocycles. The summed E-state index contributed by atoms with van der Waals surface area (Å²) in [5, 5.41) is 0. The summed E-state index contributed by atoms with van der Waals surface area (Å²) in [5.74, 6) is 0. The minimum Gasteiger partial charge on any atom is -0.267 e. The van der Waals surface area contributed by atoms with E-state index >= 15 is 0 Å². The summed E-state index contributed by atoms with van der Waals surface area (Å²) in [6.45, 7) is 1.96. The van der Waals surface area contributed by atoms with Crippen LogP contribution in [-0.4, -0.2) is 15.0 Å². The molecule has 0 spiro atoms. The van der Waals surface area contributed by atoms with E-state index in [2.05, 4.69) is 15.0 Å². The monoisotopic (exact) mass is 243 g/mol. The molecule has 6 heteroatoms. The van der Waals surface area contributed by atoms with Gasteiger partial charge in [-0.3, -0.25) is 9.78 Å². The molecular formula is C12H11N4O2+. The number of hydrogen-bond donors (Lipinski definition) is 2. The Balaban J connectivity index is 2.65. The number of aryl methyl sites for hydroxylation is 2. The van der Waals surface area contributed by atoms with Crippen molar-refractivity contribution in [3.8, 4) is 0 Å². The van der Waals surface area contributed by atoms with Crippen LogP contribution in [-0.2, 0) is 7.05 Å². The smallest absolute Gasteiger partial charge is 0.267 e. The first-order valence-corrected chi connectivity index (χ1v) is 5.49. The number of H-pyrrole nitrogens is 2. The van der Waals surface area contributed by atoms with Gasteiger partial charge in [-0.2, -0.15) is 4.98 Å². The third-order valence-corrected chi connectivity index (χ3v) is 2.96. The quantitative estimate of drug-likeness (QED) is 0.427. The normalized spacial score (nSPS) is 11.2. The second-order valence-corrected chi connectivity index (χ2v) is 4.27. The zero-order chi connectivity index (χ0) is 12.9. The average molecular weight is 243 g/mol. The standard InChI is InChI=1S/C12H10N4O2/c1-6-3-4-8-7(5-6)13-9-10(16(8)2)14-12(18)15-11(9)17/h3-5H,1-2H3,(H,15,17,18)/p+1. The molecule has 3 rings (SSSR count). The van der Waals surface area contributed by atoms with E-state index in [0.29, 0.717) is 5.65 Å². The fourth-order valence-corrected chi connectivity index (χ4v) is 2.06. The largest absolute Gasteiger partial charge is 0.413 e. The van der Waals surface area contributed by atoms with E-state index in [0.717, 1.165) is 16.6 Å². The minimum absolute atomic E-state index is 0.232. The van der Waals surface area contributed by atoms with Gasteiger partial charge in [0.25, 0.3) is 5.56 Å². The lowest BCUT2D eigenvalue weighted by molar-refractivity contribution is -0.620. The average Bonchev–Trinajstić information content (AvgIpc) is 2.31. The van der Waals surface area contributed by atoms with Crippen LogP contribution in [0.15, 0.2) is 27.8 Å². The van der Waals surface area contributed by atoms with Crippen LogP contribution in [0.1, 0.15) is 5.56 Å². The summed E-state index contributed by atoms with van der Waals surface area (Å²) in [7, 11) is 1.79. The van der Waals surface area contributed by atoms with E-state index in [1.165, 1.54) is 0 Å². The molecule has 2 N–H and O–H groups in total. The van der Waals surface area contributed by atoms with Gasteiger partial charge < -0.3 is 0 Å². The van der Waals surface area contributed by atoms with Gasteiger partial charge in [0.15, 0.2) is 5.52 Å². The first-order chi connectivity index (χ1) is 8.56. The predicted molar refractivity (Wildman–Crippen MR) is 66.4 cm³/mol. The van der Waals surface area contributed by atoms with Gasteiger partial charge in [-0.05, 0) is 24.6 Å². The summed E-state index contributed by atoms with van der Waals surface area (Å²) >= 11 is 0. The van der Waals surface area contributed by atoms with E-state index in [1.54, 1.807) is 11.6 Å². The lowest BCUT2D eigenvalue weighted by Crippen LogP contribution is -2.37. The van der Waals surface area contributed by atoms with E-state index < -0.39 is 11.2 Å². The van der Waals surface area contributed by atoms with Crippen molar-refractivity contribution in [2.75, 3.05) is 0 Å². The number of hydrogen-bond acceptors (Lipinski definition) is 3. The minimum atomic E-state index is -0.531. The maximum atomic E-state index is 11.7. The Morgan fingerprint density at radius 2 is 2.00 bits per heavy atom. The van der Waals surface area contributed by atoms with Crippen LogP contribution < -0.4 is 15.8 Å². The number of aromatic amines is 2. The van der Waals surface area contributed by atoms with Crippen LogP contribution in [0.4, 0.5) is 0 Å². The van der Waals surface area contributed by atoms with Crippen molar-refractivity contribution in [1.29, 1.82) is 0 Å². The molecule has 0 fully saturated rings. The lowest BCUT2D eigenvalue weighted by Gasteiger charge is -2.02. The topological polar surface area (TPSA) is 82.5 Å². The summed E-state index contributed by atoms with van der Waals surface area (Å²) in [5.41, 5.74) is 2.28. The van der Waals surface area contributed by atoms with Crippen LogP contribution in [0.25, 0.3) is 22.2 Å². The van der Waals surface area contributed by atoms with Crippen LogP contribution in [0.2, 0.25) is 0 Å². The van der Waals surface area contributed by atoms with E-state index in [9.17, 15) is 9.59 Å². The maximum Gasteiger partial charge on any atom is 0.413 e. The SMILES string of the molecule is Cc1ccc2c(c1)nc1c(=O)[nH]c(=O)[nH]c1[n+]2C. The van der Waals surface area contributed by atoms with Gasteiger partial charge >= 0.3 is 11.3 Å². The van der Waals surface area contributed by atoms with Gasteiger partial charge in [-0.1, -0.05) is 6.07 Å². The van der Waals surface area contributed by atoms with Crippen LogP contribution in [0, 0.1) is 6.92 Å². The third kappa shape index (κ3) is 1.42. The highest BCUT2D eigenvalue weighted by Gasteiger charge is 2.15. The number of fused-ring (bicyclic) bond motifs is 2. The summed E-state index contributed by atoms with van der Waals surface area (Å²) < 4.78 is 1.76. The Kier molecular flexibility index (Phi) is 2.07.